The van der Waals surface area contributed by atoms with E-state index in [2.05, 4.69) is 10.3 Å². The minimum atomic E-state index is -4.40. The lowest BCUT2D eigenvalue weighted by Gasteiger charge is -2.28. The Morgan fingerprint density at radius 1 is 1.28 bits per heavy atom. The van der Waals surface area contributed by atoms with E-state index in [0.717, 1.165) is 31.5 Å². The fraction of sp³-hybridized carbons (Fsp3) is 0.647. The van der Waals surface area contributed by atoms with Crippen molar-refractivity contribution >= 4 is 11.9 Å². The average molecular weight is 357 g/mol. The second-order valence-corrected chi connectivity index (χ2v) is 7.60. The molecular weight excluding hydrogens is 335 g/mol. The Hall–Kier alpha value is -1.99. The number of pyridine rings is 1. The normalized spacial score (nSPS) is 26.0. The zero-order valence-electron chi connectivity index (χ0n) is 14.4. The maximum absolute atomic E-state index is 12.6. The van der Waals surface area contributed by atoms with Crippen LogP contribution < -0.4 is 5.32 Å². The number of rotatable bonds is 2. The zero-order valence-corrected chi connectivity index (χ0v) is 14.4. The van der Waals surface area contributed by atoms with Crippen LogP contribution >= 0.6 is 0 Å². The molecule has 1 amide bonds. The van der Waals surface area contributed by atoms with Crippen molar-refractivity contribution in [3.63, 3.8) is 0 Å². The number of alkyl halides is 3. The molecule has 0 saturated carbocycles. The van der Waals surface area contributed by atoms with Crippen LogP contribution in [0.1, 0.15) is 45.6 Å². The summed E-state index contributed by atoms with van der Waals surface area (Å²) in [5, 5.41) is 3.17. The Labute approximate surface area is 144 Å². The molecule has 1 aromatic rings. The molecular formula is C17H22F3N3O2. The number of anilines is 1. The van der Waals surface area contributed by atoms with Crippen molar-refractivity contribution in [1.82, 2.24) is 9.88 Å². The van der Waals surface area contributed by atoms with Crippen molar-refractivity contribution in [3.8, 4) is 0 Å². The summed E-state index contributed by atoms with van der Waals surface area (Å²) in [7, 11) is 0. The van der Waals surface area contributed by atoms with Crippen molar-refractivity contribution in [1.29, 1.82) is 0 Å². The van der Waals surface area contributed by atoms with Crippen LogP contribution in [0, 0.1) is 0 Å². The van der Waals surface area contributed by atoms with Crippen LogP contribution in [0.25, 0.3) is 0 Å². The first-order valence-electron chi connectivity index (χ1n) is 8.36. The predicted octanol–water partition coefficient (Wildman–Crippen LogP) is 4.05. The van der Waals surface area contributed by atoms with Crippen LogP contribution in [-0.2, 0) is 10.9 Å². The van der Waals surface area contributed by atoms with Crippen LogP contribution in [0.5, 0.6) is 0 Å². The average Bonchev–Trinajstić information content (AvgIpc) is 3.02. The first-order valence-corrected chi connectivity index (χ1v) is 8.36. The summed E-state index contributed by atoms with van der Waals surface area (Å²) in [5.74, 6) is 0.384. The maximum Gasteiger partial charge on any atom is 0.417 e. The van der Waals surface area contributed by atoms with E-state index in [-0.39, 0.29) is 24.2 Å². The number of hydrogen-bond donors (Lipinski definition) is 1. The number of fused-ring (bicyclic) bond motifs is 2. The number of carbonyl (C=O) groups is 1. The molecule has 0 spiro atoms. The number of ether oxygens (including phenoxy) is 1. The van der Waals surface area contributed by atoms with Crippen LogP contribution in [0.15, 0.2) is 18.3 Å². The van der Waals surface area contributed by atoms with Crippen LogP contribution in [0.3, 0.4) is 0 Å². The third-order valence-corrected chi connectivity index (χ3v) is 4.57. The summed E-state index contributed by atoms with van der Waals surface area (Å²) in [4.78, 5) is 18.0. The molecule has 3 atom stereocenters. The van der Waals surface area contributed by atoms with Gasteiger partial charge >= 0.3 is 12.3 Å². The first-order chi connectivity index (χ1) is 11.5. The Morgan fingerprint density at radius 2 is 2.00 bits per heavy atom. The second kappa shape index (κ2) is 6.07. The molecule has 2 saturated heterocycles. The summed E-state index contributed by atoms with van der Waals surface area (Å²) in [5.41, 5.74) is -1.34. The van der Waals surface area contributed by atoms with E-state index in [9.17, 15) is 18.0 Å². The van der Waals surface area contributed by atoms with Gasteiger partial charge in [0.25, 0.3) is 0 Å². The molecule has 2 aliphatic heterocycles. The molecule has 3 unspecified atom stereocenters. The van der Waals surface area contributed by atoms with Gasteiger partial charge in [0.05, 0.1) is 17.6 Å². The summed E-state index contributed by atoms with van der Waals surface area (Å²) in [6, 6.07) is 2.38. The molecule has 25 heavy (non-hydrogen) atoms. The van der Waals surface area contributed by atoms with E-state index in [1.807, 2.05) is 20.8 Å². The number of hydrogen-bond acceptors (Lipinski definition) is 4. The third-order valence-electron chi connectivity index (χ3n) is 4.57. The van der Waals surface area contributed by atoms with Gasteiger partial charge < -0.3 is 15.0 Å². The molecule has 8 heteroatoms. The summed E-state index contributed by atoms with van der Waals surface area (Å²) in [6.07, 6.45) is -1.39. The van der Waals surface area contributed by atoms with Gasteiger partial charge in [-0.05, 0) is 52.2 Å². The SMILES string of the molecule is CC(C)(C)OC(=O)N1C2CCC1C(Nc1ccc(C(F)(F)F)cn1)C2. The highest BCUT2D eigenvalue weighted by Gasteiger charge is 2.50. The Kier molecular flexibility index (Phi) is 4.33. The van der Waals surface area contributed by atoms with Gasteiger partial charge in [0.2, 0.25) is 0 Å². The zero-order chi connectivity index (χ0) is 18.4. The Morgan fingerprint density at radius 3 is 2.56 bits per heavy atom. The molecule has 2 aliphatic rings. The van der Waals surface area contributed by atoms with Gasteiger partial charge in [0, 0.05) is 12.2 Å². The fourth-order valence-electron chi connectivity index (χ4n) is 3.58. The van der Waals surface area contributed by atoms with Crippen molar-refractivity contribution in [2.75, 3.05) is 5.32 Å². The summed E-state index contributed by atoms with van der Waals surface area (Å²) < 4.78 is 43.3. The molecule has 1 aromatic heterocycles. The van der Waals surface area contributed by atoms with Gasteiger partial charge in [-0.25, -0.2) is 9.78 Å². The largest absolute Gasteiger partial charge is 0.444 e. The summed E-state index contributed by atoms with van der Waals surface area (Å²) >= 11 is 0. The number of nitrogens with one attached hydrogen (secondary N) is 1. The van der Waals surface area contributed by atoms with Crippen LogP contribution in [0.4, 0.5) is 23.8 Å². The molecule has 3 rings (SSSR count). The highest BCUT2D eigenvalue weighted by molar-refractivity contribution is 5.70. The molecule has 2 fully saturated rings. The lowest BCUT2D eigenvalue weighted by molar-refractivity contribution is -0.137. The number of halogens is 3. The molecule has 138 valence electrons. The van der Waals surface area contributed by atoms with Crippen molar-refractivity contribution in [2.24, 2.45) is 0 Å². The minimum Gasteiger partial charge on any atom is -0.444 e. The van der Waals surface area contributed by atoms with Crippen LogP contribution in [0.2, 0.25) is 0 Å². The van der Waals surface area contributed by atoms with Gasteiger partial charge in [-0.3, -0.25) is 0 Å². The molecule has 0 aromatic carbocycles. The molecule has 5 nitrogen and oxygen atoms in total. The van der Waals surface area contributed by atoms with E-state index < -0.39 is 17.3 Å². The van der Waals surface area contributed by atoms with Gasteiger partial charge in [-0.2, -0.15) is 13.2 Å². The second-order valence-electron chi connectivity index (χ2n) is 7.60. The number of amides is 1. The van der Waals surface area contributed by atoms with E-state index in [1.165, 1.54) is 6.07 Å². The van der Waals surface area contributed by atoms with Crippen molar-refractivity contribution in [2.45, 2.75) is 69.9 Å². The smallest absolute Gasteiger partial charge is 0.417 e. The van der Waals surface area contributed by atoms with E-state index in [4.69, 9.17) is 4.74 Å². The molecule has 0 aliphatic carbocycles. The molecule has 2 bridgehead atoms. The third kappa shape index (κ3) is 3.82. The molecule has 0 radical (unpaired) electrons. The summed E-state index contributed by atoms with van der Waals surface area (Å²) in [6.45, 7) is 5.47. The quantitative estimate of drug-likeness (QED) is 0.867. The lowest BCUT2D eigenvalue weighted by Crippen LogP contribution is -2.42. The topological polar surface area (TPSA) is 54.5 Å². The van der Waals surface area contributed by atoms with E-state index >= 15 is 0 Å². The maximum atomic E-state index is 12.6. The highest BCUT2D eigenvalue weighted by Crippen LogP contribution is 2.40. The van der Waals surface area contributed by atoms with Crippen molar-refractivity contribution in [3.05, 3.63) is 23.9 Å². The Balaban J connectivity index is 1.66. The van der Waals surface area contributed by atoms with Gasteiger partial charge in [0.1, 0.15) is 11.4 Å². The van der Waals surface area contributed by atoms with E-state index in [1.54, 1.807) is 4.90 Å². The molecule has 3 heterocycles. The lowest BCUT2D eigenvalue weighted by atomic mass is 9.95. The Bertz CT molecular complexity index is 640. The minimum absolute atomic E-state index is 0.0241. The monoisotopic (exact) mass is 357 g/mol. The number of nitrogens with zero attached hydrogens (tertiary/aromatic N) is 2. The van der Waals surface area contributed by atoms with Gasteiger partial charge in [-0.1, -0.05) is 0 Å². The van der Waals surface area contributed by atoms with Crippen LogP contribution in [-0.4, -0.2) is 39.7 Å². The standard InChI is InChI=1S/C17H22F3N3O2/c1-16(2,3)25-15(24)23-11-5-6-13(23)12(8-11)22-14-7-4-10(9-21-14)17(18,19)20/h4,7,9,11-13H,5-6,8H2,1-3H3,(H,21,22). The van der Waals surface area contributed by atoms with Gasteiger partial charge in [-0.15, -0.1) is 0 Å². The first kappa shape index (κ1) is 17.8. The fourth-order valence-corrected chi connectivity index (χ4v) is 3.58. The highest BCUT2D eigenvalue weighted by atomic mass is 19.4. The van der Waals surface area contributed by atoms with Gasteiger partial charge in [0.15, 0.2) is 0 Å². The molecule has 1 N–H and O–H groups in total. The number of aromatic nitrogens is 1. The predicted molar refractivity (Wildman–Crippen MR) is 86.1 cm³/mol. The van der Waals surface area contributed by atoms with E-state index in [0.29, 0.717) is 5.82 Å². The number of carbonyl (C=O) groups excluding carboxylic acids is 1. The van der Waals surface area contributed by atoms with Crippen molar-refractivity contribution < 1.29 is 22.7 Å².